The summed E-state index contributed by atoms with van der Waals surface area (Å²) in [6.07, 6.45) is 0. The Hall–Kier alpha value is -3.47. The molecule has 2 heterocycles. The van der Waals surface area contributed by atoms with Gasteiger partial charge in [0.1, 0.15) is 11.3 Å². The summed E-state index contributed by atoms with van der Waals surface area (Å²) in [4.78, 5) is 8.81. The quantitative estimate of drug-likeness (QED) is 0.513. The van der Waals surface area contributed by atoms with Gasteiger partial charge >= 0.3 is 0 Å². The summed E-state index contributed by atoms with van der Waals surface area (Å²) in [6, 6.07) is 18.1. The highest BCUT2D eigenvalue weighted by molar-refractivity contribution is 5.82. The van der Waals surface area contributed by atoms with Gasteiger partial charge in [0.2, 0.25) is 5.95 Å². The van der Waals surface area contributed by atoms with Crippen molar-refractivity contribution < 1.29 is 4.42 Å². The van der Waals surface area contributed by atoms with Crippen LogP contribution in [-0.4, -0.2) is 9.97 Å². The van der Waals surface area contributed by atoms with E-state index in [2.05, 4.69) is 46.5 Å². The Morgan fingerprint density at radius 2 is 1.57 bits per heavy atom. The molecular weight excluding hydrogens is 348 g/mol. The lowest BCUT2D eigenvalue weighted by atomic mass is 10.1. The van der Waals surface area contributed by atoms with Crippen LogP contribution in [0.15, 0.2) is 64.1 Å². The summed E-state index contributed by atoms with van der Waals surface area (Å²) >= 11 is 0. The van der Waals surface area contributed by atoms with Crippen LogP contribution < -0.4 is 10.8 Å². The second-order valence-electron chi connectivity index (χ2n) is 7.02. The minimum atomic E-state index is 0.483. The van der Waals surface area contributed by atoms with E-state index < -0.39 is 0 Å². The molecular formula is C23H22N4O. The molecule has 0 saturated carbocycles. The van der Waals surface area contributed by atoms with Gasteiger partial charge in [-0.2, -0.15) is 5.10 Å². The third-order valence-electron chi connectivity index (χ3n) is 4.49. The second-order valence-corrected chi connectivity index (χ2v) is 7.02. The van der Waals surface area contributed by atoms with Crippen molar-refractivity contribution in [2.24, 2.45) is 5.10 Å². The van der Waals surface area contributed by atoms with Crippen molar-refractivity contribution in [3.05, 3.63) is 82.5 Å². The Kier molecular flexibility index (Phi) is 4.65. The number of benzene rings is 2. The van der Waals surface area contributed by atoms with E-state index in [1.807, 2.05) is 56.3 Å². The first kappa shape index (κ1) is 17.9. The van der Waals surface area contributed by atoms with E-state index in [9.17, 15) is 0 Å². The molecule has 0 saturated heterocycles. The Labute approximate surface area is 163 Å². The molecule has 0 radical (unpaired) electrons. The molecule has 0 aliphatic heterocycles. The molecule has 4 rings (SSSR count). The third-order valence-corrected chi connectivity index (χ3v) is 4.49. The predicted octanol–water partition coefficient (Wildman–Crippen LogP) is 5.05. The van der Waals surface area contributed by atoms with Gasteiger partial charge in [-0.1, -0.05) is 36.4 Å². The van der Waals surface area contributed by atoms with Gasteiger partial charge in [0.15, 0.2) is 0 Å². The molecule has 0 atom stereocenters. The highest BCUT2D eigenvalue weighted by atomic mass is 16.3. The van der Waals surface area contributed by atoms with Gasteiger partial charge in [0.25, 0.3) is 0 Å². The summed E-state index contributed by atoms with van der Waals surface area (Å²) in [6.45, 7) is 8.01. The van der Waals surface area contributed by atoms with Crippen LogP contribution in [0.3, 0.4) is 0 Å². The maximum absolute atomic E-state index is 6.25. The number of aromatic nitrogens is 2. The van der Waals surface area contributed by atoms with E-state index >= 15 is 0 Å². The van der Waals surface area contributed by atoms with Gasteiger partial charge < -0.3 is 4.42 Å². The minimum absolute atomic E-state index is 0.483. The summed E-state index contributed by atoms with van der Waals surface area (Å²) in [5.74, 6) is 1.25. The Morgan fingerprint density at radius 3 is 2.29 bits per heavy atom. The van der Waals surface area contributed by atoms with Gasteiger partial charge in [0, 0.05) is 28.4 Å². The maximum Gasteiger partial charge on any atom is 0.243 e. The molecule has 2 aromatic carbocycles. The first-order chi connectivity index (χ1) is 13.5. The fourth-order valence-electron chi connectivity index (χ4n) is 3.34. The van der Waals surface area contributed by atoms with Gasteiger partial charge in [-0.15, -0.1) is 0 Å². The van der Waals surface area contributed by atoms with E-state index in [0.717, 1.165) is 50.2 Å². The van der Waals surface area contributed by atoms with Crippen LogP contribution in [0.2, 0.25) is 0 Å². The smallest absolute Gasteiger partial charge is 0.243 e. The highest BCUT2D eigenvalue weighted by Gasteiger charge is 2.09. The number of nitrogens with zero attached hydrogens (tertiary/aromatic N) is 3. The maximum atomic E-state index is 6.25. The van der Waals surface area contributed by atoms with Crippen molar-refractivity contribution >= 4 is 16.9 Å². The molecule has 5 heteroatoms. The standard InChI is InChI=1S/C23H22N4O/c1-14-10-15(2)22-19(11-14)20(13-21(28-22)18-8-6-5-7-9-18)26-27-23-24-16(3)12-17(4)25-23/h5-13H,1-4H3,(H,24,25,27)/b26-20-. The number of rotatable bonds is 3. The number of nitrogens with one attached hydrogen (secondary N) is 1. The molecule has 4 aromatic rings. The fourth-order valence-corrected chi connectivity index (χ4v) is 3.34. The summed E-state index contributed by atoms with van der Waals surface area (Å²) in [5, 5.41) is 6.36. The van der Waals surface area contributed by atoms with Crippen molar-refractivity contribution in [2.75, 3.05) is 5.43 Å². The zero-order valence-electron chi connectivity index (χ0n) is 16.4. The lowest BCUT2D eigenvalue weighted by molar-refractivity contribution is 0.615. The van der Waals surface area contributed by atoms with Gasteiger partial charge in [0.05, 0.1) is 5.36 Å². The fraction of sp³-hybridized carbons (Fsp3) is 0.174. The molecule has 28 heavy (non-hydrogen) atoms. The van der Waals surface area contributed by atoms with Crippen LogP contribution >= 0.6 is 0 Å². The number of hydrogen-bond donors (Lipinski definition) is 1. The zero-order valence-corrected chi connectivity index (χ0v) is 16.4. The van der Waals surface area contributed by atoms with Crippen LogP contribution in [0.25, 0.3) is 22.3 Å². The van der Waals surface area contributed by atoms with Crippen molar-refractivity contribution in [1.82, 2.24) is 9.97 Å². The zero-order chi connectivity index (χ0) is 19.7. The van der Waals surface area contributed by atoms with Crippen LogP contribution in [0.1, 0.15) is 22.5 Å². The molecule has 5 nitrogen and oxygen atoms in total. The third kappa shape index (κ3) is 3.64. The summed E-state index contributed by atoms with van der Waals surface area (Å²) in [7, 11) is 0. The number of hydrogen-bond acceptors (Lipinski definition) is 5. The molecule has 0 aliphatic rings. The van der Waals surface area contributed by atoms with E-state index in [0.29, 0.717) is 5.95 Å². The lowest BCUT2D eigenvalue weighted by Gasteiger charge is -2.08. The van der Waals surface area contributed by atoms with E-state index in [-0.39, 0.29) is 0 Å². The van der Waals surface area contributed by atoms with Crippen LogP contribution in [0.5, 0.6) is 0 Å². The SMILES string of the molecule is Cc1cc(C)c2oc(-c3ccccc3)c/c(=N/Nc3nc(C)cc(C)n3)c2c1. The van der Waals surface area contributed by atoms with Crippen LogP contribution in [-0.2, 0) is 0 Å². The van der Waals surface area contributed by atoms with E-state index in [1.165, 1.54) is 0 Å². The lowest BCUT2D eigenvalue weighted by Crippen LogP contribution is -2.10. The minimum Gasteiger partial charge on any atom is -0.456 e. The van der Waals surface area contributed by atoms with Crippen molar-refractivity contribution in [2.45, 2.75) is 27.7 Å². The molecule has 2 aromatic heterocycles. The molecule has 1 N–H and O–H groups in total. The molecule has 0 fully saturated rings. The highest BCUT2D eigenvalue weighted by Crippen LogP contribution is 2.25. The van der Waals surface area contributed by atoms with E-state index in [1.54, 1.807) is 0 Å². The molecule has 0 amide bonds. The number of fused-ring (bicyclic) bond motifs is 1. The number of aryl methyl sites for hydroxylation is 4. The first-order valence-corrected chi connectivity index (χ1v) is 9.22. The number of anilines is 1. The summed E-state index contributed by atoms with van der Waals surface area (Å²) < 4.78 is 6.25. The molecule has 0 aliphatic carbocycles. The van der Waals surface area contributed by atoms with E-state index in [4.69, 9.17) is 4.42 Å². The average molecular weight is 370 g/mol. The Bertz CT molecular complexity index is 1210. The summed E-state index contributed by atoms with van der Waals surface area (Å²) in [5.41, 5.74) is 8.88. The average Bonchev–Trinajstić information content (AvgIpc) is 2.66. The van der Waals surface area contributed by atoms with Crippen LogP contribution in [0, 0.1) is 27.7 Å². The largest absolute Gasteiger partial charge is 0.456 e. The first-order valence-electron chi connectivity index (χ1n) is 9.22. The normalized spacial score (nSPS) is 11.8. The predicted molar refractivity (Wildman–Crippen MR) is 112 cm³/mol. The van der Waals surface area contributed by atoms with Gasteiger partial charge in [-0.3, -0.25) is 0 Å². The molecule has 0 unspecified atom stereocenters. The topological polar surface area (TPSA) is 63.3 Å². The van der Waals surface area contributed by atoms with Crippen molar-refractivity contribution in [3.8, 4) is 11.3 Å². The van der Waals surface area contributed by atoms with Gasteiger partial charge in [-0.05, 0) is 51.0 Å². The van der Waals surface area contributed by atoms with Crippen molar-refractivity contribution in [3.63, 3.8) is 0 Å². The Balaban J connectivity index is 1.92. The van der Waals surface area contributed by atoms with Crippen LogP contribution in [0.4, 0.5) is 5.95 Å². The second kappa shape index (κ2) is 7.27. The van der Waals surface area contributed by atoms with Gasteiger partial charge in [-0.25, -0.2) is 15.4 Å². The molecule has 0 spiro atoms. The molecule has 140 valence electrons. The van der Waals surface area contributed by atoms with Crippen molar-refractivity contribution in [1.29, 1.82) is 0 Å². The molecule has 0 bridgehead atoms. The monoisotopic (exact) mass is 370 g/mol. The Morgan fingerprint density at radius 1 is 0.857 bits per heavy atom.